The number of nitrogens with zero attached hydrogens (tertiary/aromatic N) is 1. The summed E-state index contributed by atoms with van der Waals surface area (Å²) in [5, 5.41) is 4.75. The van der Waals surface area contributed by atoms with Crippen molar-refractivity contribution in [2.24, 2.45) is 0 Å². The maximum Gasteiger partial charge on any atom is 0.413 e. The first-order valence-electron chi connectivity index (χ1n) is 5.66. The first kappa shape index (κ1) is 15.2. The normalized spacial score (nSPS) is 11.5. The summed E-state index contributed by atoms with van der Waals surface area (Å²) >= 11 is 1.28. The molecular weight excluding hydrogens is 268 g/mol. The van der Waals surface area contributed by atoms with Gasteiger partial charge in [0.05, 0.1) is 12.3 Å². The summed E-state index contributed by atoms with van der Waals surface area (Å²) < 4.78 is 9.68. The number of nitrogens with one attached hydrogen (secondary N) is 1. The lowest BCUT2D eigenvalue weighted by molar-refractivity contribution is -0.141. The first-order valence-corrected chi connectivity index (χ1v) is 6.54. The summed E-state index contributed by atoms with van der Waals surface area (Å²) in [6, 6.07) is 0. The van der Waals surface area contributed by atoms with Crippen molar-refractivity contribution in [2.75, 3.05) is 18.5 Å². The molecule has 0 aliphatic rings. The summed E-state index contributed by atoms with van der Waals surface area (Å²) in [7, 11) is 0. The van der Waals surface area contributed by atoms with E-state index in [0.717, 1.165) is 5.69 Å². The third-order valence-electron chi connectivity index (χ3n) is 2.10. The van der Waals surface area contributed by atoms with Crippen LogP contribution in [-0.4, -0.2) is 30.3 Å². The molecule has 0 aliphatic carbocycles. The Labute approximate surface area is 115 Å². The Kier molecular flexibility index (Phi) is 6.01. The van der Waals surface area contributed by atoms with E-state index >= 15 is 0 Å². The fourth-order valence-electron chi connectivity index (χ4n) is 1.16. The van der Waals surface area contributed by atoms with Crippen LogP contribution in [0.2, 0.25) is 0 Å². The Morgan fingerprint density at radius 1 is 1.58 bits per heavy atom. The lowest BCUT2D eigenvalue weighted by atomic mass is 10.1. The first-order chi connectivity index (χ1) is 9.02. The van der Waals surface area contributed by atoms with Crippen LogP contribution in [0, 0.1) is 0 Å². The van der Waals surface area contributed by atoms with E-state index in [1.165, 1.54) is 24.3 Å². The van der Waals surface area contributed by atoms with Crippen LogP contribution in [0.4, 0.5) is 9.93 Å². The quantitative estimate of drug-likeness (QED) is 0.641. The van der Waals surface area contributed by atoms with Gasteiger partial charge < -0.3 is 9.47 Å². The molecule has 1 heterocycles. The van der Waals surface area contributed by atoms with Crippen LogP contribution in [0.15, 0.2) is 18.0 Å². The third kappa shape index (κ3) is 5.52. The topological polar surface area (TPSA) is 77.5 Å². The standard InChI is InChI=1S/C12H16N2O4S/c1-4-5-17-12(16)14-11-13-10(7-19-11)8(2)6-18-9(3)15/h4,7-8H,1,5-6H2,2-3H3,(H,13,14,16). The zero-order valence-corrected chi connectivity index (χ0v) is 11.7. The molecule has 0 radical (unpaired) electrons. The van der Waals surface area contributed by atoms with Gasteiger partial charge in [-0.1, -0.05) is 19.6 Å². The molecule has 1 N–H and O–H groups in total. The molecule has 1 aromatic heterocycles. The number of carbonyl (C=O) groups excluding carboxylic acids is 2. The van der Waals surface area contributed by atoms with Gasteiger partial charge >= 0.3 is 12.1 Å². The number of ether oxygens (including phenoxy) is 2. The zero-order chi connectivity index (χ0) is 14.3. The molecule has 0 saturated heterocycles. The Morgan fingerprint density at radius 2 is 2.32 bits per heavy atom. The number of amides is 1. The highest BCUT2D eigenvalue weighted by atomic mass is 32.1. The fourth-order valence-corrected chi connectivity index (χ4v) is 1.97. The molecule has 1 atom stereocenters. The van der Waals surface area contributed by atoms with Crippen molar-refractivity contribution in [2.45, 2.75) is 19.8 Å². The van der Waals surface area contributed by atoms with Crippen molar-refractivity contribution in [3.05, 3.63) is 23.7 Å². The predicted molar refractivity (Wildman–Crippen MR) is 72.3 cm³/mol. The van der Waals surface area contributed by atoms with Crippen LogP contribution in [0.25, 0.3) is 0 Å². The number of hydrogen-bond acceptors (Lipinski definition) is 6. The number of hydrogen-bond donors (Lipinski definition) is 1. The van der Waals surface area contributed by atoms with Gasteiger partial charge in [-0.05, 0) is 0 Å². The van der Waals surface area contributed by atoms with E-state index in [2.05, 4.69) is 16.9 Å². The molecule has 19 heavy (non-hydrogen) atoms. The number of thiazole rings is 1. The van der Waals surface area contributed by atoms with Gasteiger partial charge in [0, 0.05) is 18.2 Å². The van der Waals surface area contributed by atoms with E-state index in [9.17, 15) is 9.59 Å². The number of aromatic nitrogens is 1. The van der Waals surface area contributed by atoms with Gasteiger partial charge in [-0.15, -0.1) is 11.3 Å². The molecule has 7 heteroatoms. The van der Waals surface area contributed by atoms with Gasteiger partial charge in [0.1, 0.15) is 6.61 Å². The molecule has 6 nitrogen and oxygen atoms in total. The van der Waals surface area contributed by atoms with Crippen LogP contribution >= 0.6 is 11.3 Å². The van der Waals surface area contributed by atoms with E-state index in [1.54, 1.807) is 5.38 Å². The predicted octanol–water partition coefficient (Wildman–Crippen LogP) is 2.54. The Hall–Kier alpha value is -1.89. The average Bonchev–Trinajstić information content (AvgIpc) is 2.81. The van der Waals surface area contributed by atoms with Gasteiger partial charge in [0.25, 0.3) is 0 Å². The van der Waals surface area contributed by atoms with E-state index in [1.807, 2.05) is 6.92 Å². The van der Waals surface area contributed by atoms with E-state index in [-0.39, 0.29) is 25.1 Å². The number of anilines is 1. The van der Waals surface area contributed by atoms with E-state index in [4.69, 9.17) is 9.47 Å². The lowest BCUT2D eigenvalue weighted by Crippen LogP contribution is -2.13. The van der Waals surface area contributed by atoms with Crippen LogP contribution in [0.5, 0.6) is 0 Å². The fraction of sp³-hybridized carbons (Fsp3) is 0.417. The lowest BCUT2D eigenvalue weighted by Gasteiger charge is -2.07. The Bertz CT molecular complexity index is 458. The molecular formula is C12H16N2O4S. The second kappa shape index (κ2) is 7.52. The van der Waals surface area contributed by atoms with E-state index in [0.29, 0.717) is 5.13 Å². The van der Waals surface area contributed by atoms with Crippen molar-refractivity contribution in [3.8, 4) is 0 Å². The molecule has 1 unspecified atom stereocenters. The number of rotatable bonds is 6. The maximum atomic E-state index is 11.3. The average molecular weight is 284 g/mol. The number of esters is 1. The van der Waals surface area contributed by atoms with Gasteiger partial charge in [0.15, 0.2) is 5.13 Å². The third-order valence-corrected chi connectivity index (χ3v) is 2.88. The van der Waals surface area contributed by atoms with Crippen molar-refractivity contribution in [1.82, 2.24) is 4.98 Å². The molecule has 0 fully saturated rings. The van der Waals surface area contributed by atoms with Crippen molar-refractivity contribution < 1.29 is 19.1 Å². The highest BCUT2D eigenvalue weighted by Crippen LogP contribution is 2.22. The van der Waals surface area contributed by atoms with Crippen molar-refractivity contribution >= 4 is 28.5 Å². The minimum atomic E-state index is -0.576. The highest BCUT2D eigenvalue weighted by Gasteiger charge is 2.13. The molecule has 0 aliphatic heterocycles. The smallest absolute Gasteiger partial charge is 0.413 e. The van der Waals surface area contributed by atoms with Crippen molar-refractivity contribution in [1.29, 1.82) is 0 Å². The highest BCUT2D eigenvalue weighted by molar-refractivity contribution is 7.13. The molecule has 0 saturated carbocycles. The SMILES string of the molecule is C=CCOC(=O)Nc1nc(C(C)COC(C)=O)cs1. The molecule has 1 rings (SSSR count). The van der Waals surface area contributed by atoms with Gasteiger partial charge in [-0.3, -0.25) is 10.1 Å². The van der Waals surface area contributed by atoms with Crippen LogP contribution in [-0.2, 0) is 14.3 Å². The molecule has 0 spiro atoms. The molecule has 0 aromatic carbocycles. The van der Waals surface area contributed by atoms with Crippen LogP contribution in [0.1, 0.15) is 25.5 Å². The summed E-state index contributed by atoms with van der Waals surface area (Å²) in [4.78, 5) is 26.2. The second-order valence-corrected chi connectivity index (χ2v) is 4.65. The van der Waals surface area contributed by atoms with Gasteiger partial charge in [-0.25, -0.2) is 9.78 Å². The zero-order valence-electron chi connectivity index (χ0n) is 10.8. The molecule has 1 amide bonds. The second-order valence-electron chi connectivity index (χ2n) is 3.79. The maximum absolute atomic E-state index is 11.3. The van der Waals surface area contributed by atoms with Crippen molar-refractivity contribution in [3.63, 3.8) is 0 Å². The minimum Gasteiger partial charge on any atom is -0.465 e. The minimum absolute atomic E-state index is 0.0279. The Balaban J connectivity index is 2.49. The van der Waals surface area contributed by atoms with Crippen LogP contribution in [0.3, 0.4) is 0 Å². The molecule has 0 bridgehead atoms. The number of carbonyl (C=O) groups is 2. The largest absolute Gasteiger partial charge is 0.465 e. The Morgan fingerprint density at radius 3 is 2.95 bits per heavy atom. The molecule has 1 aromatic rings. The summed E-state index contributed by atoms with van der Waals surface area (Å²) in [6.07, 6.45) is 0.905. The molecule has 104 valence electrons. The van der Waals surface area contributed by atoms with Gasteiger partial charge in [-0.2, -0.15) is 0 Å². The summed E-state index contributed by atoms with van der Waals surface area (Å²) in [5.74, 6) is -0.353. The summed E-state index contributed by atoms with van der Waals surface area (Å²) in [5.41, 5.74) is 0.755. The van der Waals surface area contributed by atoms with Gasteiger partial charge in [0.2, 0.25) is 0 Å². The monoisotopic (exact) mass is 284 g/mol. The van der Waals surface area contributed by atoms with E-state index < -0.39 is 6.09 Å². The van der Waals surface area contributed by atoms with Crippen LogP contribution < -0.4 is 5.32 Å². The summed E-state index contributed by atoms with van der Waals surface area (Å²) in [6.45, 7) is 7.10.